The maximum absolute atomic E-state index is 3.67. The summed E-state index contributed by atoms with van der Waals surface area (Å²) < 4.78 is 1.20. The van der Waals surface area contributed by atoms with Gasteiger partial charge in [0.05, 0.1) is 9.83 Å². The summed E-state index contributed by atoms with van der Waals surface area (Å²) >= 11 is 7.22. The molecule has 0 saturated heterocycles. The Bertz CT molecular complexity index is 516. The van der Waals surface area contributed by atoms with Crippen molar-refractivity contribution in [3.05, 3.63) is 42.2 Å². The second-order valence-electron chi connectivity index (χ2n) is 4.48. The zero-order chi connectivity index (χ0) is 13.1. The van der Waals surface area contributed by atoms with E-state index >= 15 is 0 Å². The lowest BCUT2D eigenvalue weighted by atomic mass is 10.1. The molecule has 0 aromatic carbocycles. The quantitative estimate of drug-likeness (QED) is 0.778. The summed E-state index contributed by atoms with van der Waals surface area (Å²) in [5.41, 5.74) is 2.76. The predicted molar refractivity (Wildman–Crippen MR) is 85.9 cm³/mol. The van der Waals surface area contributed by atoms with Gasteiger partial charge in [0.15, 0.2) is 0 Å². The molecule has 1 atom stereocenters. The monoisotopic (exact) mass is 343 g/mol. The van der Waals surface area contributed by atoms with Crippen LogP contribution in [0.15, 0.2) is 21.3 Å². The highest BCUT2D eigenvalue weighted by atomic mass is 79.9. The molecule has 2 rings (SSSR count). The first-order valence-corrected chi connectivity index (χ1v) is 8.65. The van der Waals surface area contributed by atoms with Crippen LogP contribution in [0.1, 0.15) is 40.3 Å². The van der Waals surface area contributed by atoms with Gasteiger partial charge in [-0.15, -0.1) is 22.7 Å². The van der Waals surface area contributed by atoms with Crippen LogP contribution in [0.25, 0.3) is 0 Å². The van der Waals surface area contributed by atoms with E-state index in [0.717, 1.165) is 13.0 Å². The summed E-state index contributed by atoms with van der Waals surface area (Å²) in [6.07, 6.45) is 1.16. The molecule has 4 heteroatoms. The van der Waals surface area contributed by atoms with Gasteiger partial charge >= 0.3 is 0 Å². The fourth-order valence-corrected chi connectivity index (χ4v) is 4.41. The van der Waals surface area contributed by atoms with Crippen molar-refractivity contribution in [2.75, 3.05) is 6.54 Å². The van der Waals surface area contributed by atoms with Crippen molar-refractivity contribution in [3.8, 4) is 0 Å². The van der Waals surface area contributed by atoms with Gasteiger partial charge in [0.1, 0.15) is 0 Å². The molecule has 0 amide bonds. The predicted octanol–water partition coefficient (Wildman–Crippen LogP) is 5.28. The molecule has 1 unspecified atom stereocenters. The Balaban J connectivity index is 2.33. The minimum Gasteiger partial charge on any atom is -0.306 e. The third kappa shape index (κ3) is 3.23. The van der Waals surface area contributed by atoms with Gasteiger partial charge in [0.25, 0.3) is 0 Å². The smallest absolute Gasteiger partial charge is 0.0701 e. The molecule has 1 nitrogen and oxygen atoms in total. The summed E-state index contributed by atoms with van der Waals surface area (Å²) in [7, 11) is 0. The number of thiophene rings is 2. The van der Waals surface area contributed by atoms with Crippen LogP contribution in [0.2, 0.25) is 0 Å². The van der Waals surface area contributed by atoms with E-state index in [0.29, 0.717) is 6.04 Å². The first-order chi connectivity index (χ1) is 8.61. The van der Waals surface area contributed by atoms with Crippen molar-refractivity contribution in [3.63, 3.8) is 0 Å². The van der Waals surface area contributed by atoms with Crippen molar-refractivity contribution in [1.82, 2.24) is 5.32 Å². The number of aryl methyl sites for hydroxylation is 2. The zero-order valence-corrected chi connectivity index (χ0v) is 14.1. The van der Waals surface area contributed by atoms with Crippen LogP contribution in [0.4, 0.5) is 0 Å². The minimum atomic E-state index is 0.339. The average Bonchev–Trinajstić information content (AvgIpc) is 2.87. The van der Waals surface area contributed by atoms with Crippen LogP contribution < -0.4 is 5.32 Å². The van der Waals surface area contributed by atoms with E-state index in [-0.39, 0.29) is 0 Å². The normalized spacial score (nSPS) is 12.9. The molecule has 18 heavy (non-hydrogen) atoms. The summed E-state index contributed by atoms with van der Waals surface area (Å²) in [6, 6.07) is 4.85. The molecule has 0 radical (unpaired) electrons. The molecule has 98 valence electrons. The lowest BCUT2D eigenvalue weighted by molar-refractivity contribution is 0.605. The number of halogens is 1. The van der Waals surface area contributed by atoms with Gasteiger partial charge in [-0.2, -0.15) is 0 Å². The Labute approximate surface area is 125 Å². The van der Waals surface area contributed by atoms with Gasteiger partial charge in [-0.05, 0) is 71.4 Å². The molecule has 0 aliphatic rings. The molecule has 2 heterocycles. The lowest BCUT2D eigenvalue weighted by Gasteiger charge is -2.17. The third-order valence-electron chi connectivity index (χ3n) is 2.86. The molecule has 0 saturated carbocycles. The highest BCUT2D eigenvalue weighted by Crippen LogP contribution is 2.35. The maximum atomic E-state index is 3.67. The van der Waals surface area contributed by atoms with Crippen molar-refractivity contribution in [2.45, 2.75) is 33.2 Å². The summed E-state index contributed by atoms with van der Waals surface area (Å²) in [5.74, 6) is 0. The van der Waals surface area contributed by atoms with Gasteiger partial charge in [0, 0.05) is 9.75 Å². The van der Waals surface area contributed by atoms with Crippen molar-refractivity contribution >= 4 is 38.6 Å². The van der Waals surface area contributed by atoms with E-state index in [2.05, 4.69) is 59.5 Å². The number of rotatable bonds is 5. The van der Waals surface area contributed by atoms with E-state index in [1.807, 2.05) is 11.3 Å². The van der Waals surface area contributed by atoms with E-state index in [1.165, 1.54) is 24.7 Å². The molecule has 1 N–H and O–H groups in total. The summed E-state index contributed by atoms with van der Waals surface area (Å²) in [6.45, 7) is 7.65. The van der Waals surface area contributed by atoms with Gasteiger partial charge in [0.2, 0.25) is 0 Å². The summed E-state index contributed by atoms with van der Waals surface area (Å²) in [4.78, 5) is 2.84. The Morgan fingerprint density at radius 2 is 2.11 bits per heavy atom. The topological polar surface area (TPSA) is 12.0 Å². The summed E-state index contributed by atoms with van der Waals surface area (Å²) in [5, 5.41) is 5.91. The van der Waals surface area contributed by atoms with Crippen LogP contribution in [-0.4, -0.2) is 6.54 Å². The standard InChI is InChI=1S/C14H18BrNS2/c1-4-5-16-13(11-7-12(15)17-8-11)14-9(2)6-10(3)18-14/h6-8,13,16H,4-5H2,1-3H3. The fourth-order valence-electron chi connectivity index (χ4n) is 2.07. The van der Waals surface area contributed by atoms with E-state index in [4.69, 9.17) is 0 Å². The van der Waals surface area contributed by atoms with Gasteiger partial charge in [-0.25, -0.2) is 0 Å². The zero-order valence-electron chi connectivity index (χ0n) is 10.9. The highest BCUT2D eigenvalue weighted by molar-refractivity contribution is 9.11. The largest absolute Gasteiger partial charge is 0.306 e. The lowest BCUT2D eigenvalue weighted by Crippen LogP contribution is -2.22. The van der Waals surface area contributed by atoms with E-state index in [1.54, 1.807) is 11.3 Å². The number of hydrogen-bond donors (Lipinski definition) is 1. The van der Waals surface area contributed by atoms with Gasteiger partial charge in [-0.3, -0.25) is 0 Å². The van der Waals surface area contributed by atoms with Crippen LogP contribution in [-0.2, 0) is 0 Å². The molecule has 2 aromatic rings. The Morgan fingerprint density at radius 1 is 1.33 bits per heavy atom. The van der Waals surface area contributed by atoms with Crippen molar-refractivity contribution in [2.24, 2.45) is 0 Å². The second kappa shape index (κ2) is 6.33. The van der Waals surface area contributed by atoms with E-state index in [9.17, 15) is 0 Å². The highest BCUT2D eigenvalue weighted by Gasteiger charge is 2.18. The Kier molecular flexibility index (Phi) is 5.01. The fraction of sp³-hybridized carbons (Fsp3) is 0.429. The molecule has 0 aliphatic carbocycles. The molecule has 0 fully saturated rings. The molecular weight excluding hydrogens is 326 g/mol. The molecular formula is C14H18BrNS2. The first-order valence-electron chi connectivity index (χ1n) is 6.16. The van der Waals surface area contributed by atoms with Crippen LogP contribution in [0, 0.1) is 13.8 Å². The molecule has 0 bridgehead atoms. The third-order valence-corrected chi connectivity index (χ3v) is 5.60. The van der Waals surface area contributed by atoms with Crippen molar-refractivity contribution in [1.29, 1.82) is 0 Å². The number of nitrogens with one attached hydrogen (secondary N) is 1. The Morgan fingerprint density at radius 3 is 2.61 bits per heavy atom. The minimum absolute atomic E-state index is 0.339. The SMILES string of the molecule is CCCNC(c1csc(Br)c1)c1sc(C)cc1C. The Hall–Kier alpha value is -0.160. The number of hydrogen-bond acceptors (Lipinski definition) is 3. The van der Waals surface area contributed by atoms with Gasteiger partial charge in [-0.1, -0.05) is 6.92 Å². The first kappa shape index (κ1) is 14.3. The maximum Gasteiger partial charge on any atom is 0.0701 e. The van der Waals surface area contributed by atoms with Crippen molar-refractivity contribution < 1.29 is 0 Å². The van der Waals surface area contributed by atoms with Gasteiger partial charge < -0.3 is 5.32 Å². The molecule has 0 aliphatic heterocycles. The molecule has 0 spiro atoms. The second-order valence-corrected chi connectivity index (χ2v) is 8.05. The molecule has 2 aromatic heterocycles. The van der Waals surface area contributed by atoms with E-state index < -0.39 is 0 Å². The average molecular weight is 344 g/mol. The van der Waals surface area contributed by atoms with Crippen LogP contribution >= 0.6 is 38.6 Å². The van der Waals surface area contributed by atoms with Crippen LogP contribution in [0.3, 0.4) is 0 Å². The van der Waals surface area contributed by atoms with Crippen LogP contribution in [0.5, 0.6) is 0 Å².